The molecule has 0 fully saturated rings. The predicted octanol–water partition coefficient (Wildman–Crippen LogP) is 2.50. The number of nitrogens with two attached hydrogens (primary N) is 1. The molecule has 0 bridgehead atoms. The molecule has 0 aliphatic heterocycles. The van der Waals surface area contributed by atoms with Gasteiger partial charge in [-0.3, -0.25) is 4.98 Å². The second-order valence-electron chi connectivity index (χ2n) is 4.72. The van der Waals surface area contributed by atoms with Crippen molar-refractivity contribution < 1.29 is 0 Å². The van der Waals surface area contributed by atoms with E-state index in [0.717, 1.165) is 18.5 Å². The zero-order valence-electron chi connectivity index (χ0n) is 9.71. The van der Waals surface area contributed by atoms with E-state index in [1.165, 1.54) is 11.1 Å². The van der Waals surface area contributed by atoms with Crippen molar-refractivity contribution >= 4 is 0 Å². The minimum absolute atomic E-state index is 0.0450. The zero-order valence-corrected chi connectivity index (χ0v) is 9.71. The van der Waals surface area contributed by atoms with Gasteiger partial charge >= 0.3 is 0 Å². The second-order valence-corrected chi connectivity index (χ2v) is 4.72. The van der Waals surface area contributed by atoms with Gasteiger partial charge in [-0.05, 0) is 42.0 Å². The fraction of sp³-hybridized carbons (Fsp3) is 0.267. The third-order valence-electron chi connectivity index (χ3n) is 3.62. The first-order valence-corrected chi connectivity index (χ1v) is 6.08. The number of rotatable bonds is 2. The third kappa shape index (κ3) is 1.96. The van der Waals surface area contributed by atoms with E-state index in [9.17, 15) is 0 Å². The summed E-state index contributed by atoms with van der Waals surface area (Å²) >= 11 is 0. The van der Waals surface area contributed by atoms with E-state index in [4.69, 9.17) is 5.73 Å². The summed E-state index contributed by atoms with van der Waals surface area (Å²) in [6, 6.07) is 14.6. The number of aromatic nitrogens is 1. The van der Waals surface area contributed by atoms with Crippen molar-refractivity contribution in [3.8, 4) is 0 Å². The van der Waals surface area contributed by atoms with Crippen molar-refractivity contribution in [1.82, 2.24) is 4.98 Å². The zero-order chi connectivity index (χ0) is 11.7. The summed E-state index contributed by atoms with van der Waals surface area (Å²) in [5.74, 6) is 0.488. The molecule has 0 saturated carbocycles. The van der Waals surface area contributed by atoms with Gasteiger partial charge < -0.3 is 5.73 Å². The van der Waals surface area contributed by atoms with Gasteiger partial charge in [0.05, 0.1) is 11.7 Å². The van der Waals surface area contributed by atoms with E-state index < -0.39 is 0 Å². The highest BCUT2D eigenvalue weighted by Crippen LogP contribution is 2.33. The van der Waals surface area contributed by atoms with Crippen LogP contribution in [0.25, 0.3) is 0 Å². The maximum atomic E-state index is 6.32. The molecule has 1 aromatic heterocycles. The van der Waals surface area contributed by atoms with E-state index >= 15 is 0 Å². The largest absolute Gasteiger partial charge is 0.322 e. The molecule has 2 N–H and O–H groups in total. The summed E-state index contributed by atoms with van der Waals surface area (Å²) in [4.78, 5) is 4.36. The van der Waals surface area contributed by atoms with Crippen molar-refractivity contribution in [3.05, 3.63) is 65.5 Å². The minimum Gasteiger partial charge on any atom is -0.322 e. The van der Waals surface area contributed by atoms with Gasteiger partial charge in [0.25, 0.3) is 0 Å². The Morgan fingerprint density at radius 3 is 2.24 bits per heavy atom. The second kappa shape index (κ2) is 4.30. The molecule has 1 aliphatic carbocycles. The summed E-state index contributed by atoms with van der Waals surface area (Å²) in [6.07, 6.45) is 3.97. The van der Waals surface area contributed by atoms with Crippen LogP contribution in [0.4, 0.5) is 0 Å². The van der Waals surface area contributed by atoms with Crippen molar-refractivity contribution in [3.63, 3.8) is 0 Å². The summed E-state index contributed by atoms with van der Waals surface area (Å²) in [5, 5.41) is 0. The maximum Gasteiger partial charge on any atom is 0.0574 e. The average Bonchev–Trinajstić information content (AvgIpc) is 2.82. The average molecular weight is 224 g/mol. The maximum absolute atomic E-state index is 6.32. The summed E-state index contributed by atoms with van der Waals surface area (Å²) < 4.78 is 0. The van der Waals surface area contributed by atoms with Crippen LogP contribution in [0.3, 0.4) is 0 Å². The van der Waals surface area contributed by atoms with Crippen LogP contribution in [-0.4, -0.2) is 4.98 Å². The van der Waals surface area contributed by atoms with Crippen LogP contribution >= 0.6 is 0 Å². The molecule has 1 heterocycles. The molecule has 1 aromatic carbocycles. The Hall–Kier alpha value is -1.67. The highest BCUT2D eigenvalue weighted by molar-refractivity contribution is 5.33. The molecule has 0 saturated heterocycles. The summed E-state index contributed by atoms with van der Waals surface area (Å²) in [7, 11) is 0. The van der Waals surface area contributed by atoms with Crippen LogP contribution in [0.5, 0.6) is 0 Å². The molecule has 0 amide bonds. The standard InChI is InChI=1S/C15H16N2/c16-15(14-7-3-4-8-17-14)13-9-11-5-1-2-6-12(11)10-13/h1-8,13,15H,9-10,16H2/t15-/m0/s1. The quantitative estimate of drug-likeness (QED) is 0.851. The monoisotopic (exact) mass is 224 g/mol. The van der Waals surface area contributed by atoms with Gasteiger partial charge in [-0.1, -0.05) is 30.3 Å². The van der Waals surface area contributed by atoms with E-state index in [-0.39, 0.29) is 6.04 Å². The lowest BCUT2D eigenvalue weighted by atomic mass is 9.94. The normalized spacial score (nSPS) is 16.8. The van der Waals surface area contributed by atoms with E-state index in [1.807, 2.05) is 24.4 Å². The molecule has 1 aliphatic rings. The van der Waals surface area contributed by atoms with Gasteiger partial charge in [-0.2, -0.15) is 0 Å². The number of benzene rings is 1. The first-order chi connectivity index (χ1) is 8.34. The number of fused-ring (bicyclic) bond motifs is 1. The van der Waals surface area contributed by atoms with Gasteiger partial charge in [0.15, 0.2) is 0 Å². The van der Waals surface area contributed by atoms with Gasteiger partial charge in [0.1, 0.15) is 0 Å². The Morgan fingerprint density at radius 1 is 1.00 bits per heavy atom. The number of hydrogen-bond donors (Lipinski definition) is 1. The molecule has 0 spiro atoms. The van der Waals surface area contributed by atoms with Gasteiger partial charge in [0.2, 0.25) is 0 Å². The lowest BCUT2D eigenvalue weighted by Crippen LogP contribution is -2.22. The van der Waals surface area contributed by atoms with Gasteiger partial charge in [-0.15, -0.1) is 0 Å². The van der Waals surface area contributed by atoms with Crippen LogP contribution in [0, 0.1) is 5.92 Å². The van der Waals surface area contributed by atoms with Crippen LogP contribution in [-0.2, 0) is 12.8 Å². The first kappa shape index (κ1) is 10.5. The van der Waals surface area contributed by atoms with Crippen molar-refractivity contribution in [2.75, 3.05) is 0 Å². The van der Waals surface area contributed by atoms with Crippen LogP contribution < -0.4 is 5.73 Å². The Morgan fingerprint density at radius 2 is 1.65 bits per heavy atom. The van der Waals surface area contributed by atoms with Gasteiger partial charge in [-0.25, -0.2) is 0 Å². The Kier molecular flexibility index (Phi) is 2.65. The topological polar surface area (TPSA) is 38.9 Å². The number of pyridine rings is 1. The molecule has 86 valence electrons. The molecule has 1 atom stereocenters. The van der Waals surface area contributed by atoms with Crippen LogP contribution in [0.2, 0.25) is 0 Å². The van der Waals surface area contributed by atoms with E-state index in [2.05, 4.69) is 29.2 Å². The van der Waals surface area contributed by atoms with E-state index in [1.54, 1.807) is 0 Å². The third-order valence-corrected chi connectivity index (χ3v) is 3.62. The first-order valence-electron chi connectivity index (χ1n) is 6.08. The summed E-state index contributed by atoms with van der Waals surface area (Å²) in [6.45, 7) is 0. The fourth-order valence-electron chi connectivity index (χ4n) is 2.66. The van der Waals surface area contributed by atoms with Crippen molar-refractivity contribution in [1.29, 1.82) is 0 Å². The molecular weight excluding hydrogens is 208 g/mol. The predicted molar refractivity (Wildman–Crippen MR) is 68.5 cm³/mol. The molecule has 3 rings (SSSR count). The number of nitrogens with zero attached hydrogens (tertiary/aromatic N) is 1. The highest BCUT2D eigenvalue weighted by Gasteiger charge is 2.27. The number of hydrogen-bond acceptors (Lipinski definition) is 2. The molecule has 0 unspecified atom stereocenters. The van der Waals surface area contributed by atoms with Crippen molar-refractivity contribution in [2.45, 2.75) is 18.9 Å². The Labute approximate surface area is 102 Å². The Balaban J connectivity index is 1.81. The van der Waals surface area contributed by atoms with Gasteiger partial charge in [0, 0.05) is 6.20 Å². The lowest BCUT2D eigenvalue weighted by molar-refractivity contribution is 0.445. The smallest absolute Gasteiger partial charge is 0.0574 e. The van der Waals surface area contributed by atoms with Crippen LogP contribution in [0.15, 0.2) is 48.7 Å². The Bertz CT molecular complexity index is 482. The van der Waals surface area contributed by atoms with Crippen LogP contribution in [0.1, 0.15) is 22.9 Å². The minimum atomic E-state index is 0.0450. The molecule has 17 heavy (non-hydrogen) atoms. The molecule has 0 radical (unpaired) electrons. The fourth-order valence-corrected chi connectivity index (χ4v) is 2.66. The van der Waals surface area contributed by atoms with E-state index in [0.29, 0.717) is 5.92 Å². The lowest BCUT2D eigenvalue weighted by Gasteiger charge is -2.17. The summed E-state index contributed by atoms with van der Waals surface area (Å²) in [5.41, 5.74) is 10.2. The molecule has 2 aromatic rings. The molecular formula is C15H16N2. The molecule has 2 nitrogen and oxygen atoms in total. The van der Waals surface area contributed by atoms with Crippen molar-refractivity contribution in [2.24, 2.45) is 11.7 Å². The SMILES string of the molecule is N[C@H](c1ccccn1)C1Cc2ccccc2C1. The highest BCUT2D eigenvalue weighted by atomic mass is 14.8. The molecule has 2 heteroatoms.